The molecule has 0 aliphatic heterocycles. The Hall–Kier alpha value is -2.70. The van der Waals surface area contributed by atoms with Crippen molar-refractivity contribution in [3.63, 3.8) is 0 Å². The number of hydrogen-bond donors (Lipinski definition) is 2. The van der Waals surface area contributed by atoms with Crippen LogP contribution in [0, 0.1) is 6.92 Å². The summed E-state index contributed by atoms with van der Waals surface area (Å²) in [7, 11) is 0. The zero-order valence-electron chi connectivity index (χ0n) is 13.8. The second kappa shape index (κ2) is 8.12. The van der Waals surface area contributed by atoms with Gasteiger partial charge in [-0.2, -0.15) is 0 Å². The topological polar surface area (TPSA) is 76.4 Å². The predicted octanol–water partition coefficient (Wildman–Crippen LogP) is 5.05. The number of ether oxygens (including phenoxy) is 1. The number of aromatic nitrogens is 1. The fraction of sp³-hybridized carbons (Fsp3) is 0.111. The first-order valence-corrected chi connectivity index (χ1v) is 8.43. The van der Waals surface area contributed by atoms with Gasteiger partial charge in [0.25, 0.3) is 5.91 Å². The molecular formula is C18H15Cl2N3O3. The van der Waals surface area contributed by atoms with E-state index in [9.17, 15) is 4.79 Å². The molecule has 0 bridgehead atoms. The van der Waals surface area contributed by atoms with Crippen LogP contribution in [0.25, 0.3) is 0 Å². The molecule has 0 radical (unpaired) electrons. The second-order valence-corrected chi connectivity index (χ2v) is 6.28. The molecule has 134 valence electrons. The third-order valence-electron chi connectivity index (χ3n) is 3.32. The molecular weight excluding hydrogens is 377 g/mol. The summed E-state index contributed by atoms with van der Waals surface area (Å²) in [5.41, 5.74) is 1.46. The number of halogens is 2. The number of hydrogen-bond acceptors (Lipinski definition) is 5. The molecule has 3 aromatic rings. The van der Waals surface area contributed by atoms with Gasteiger partial charge in [0.2, 0.25) is 0 Å². The van der Waals surface area contributed by atoms with E-state index in [0.29, 0.717) is 27.3 Å². The maximum Gasteiger partial charge on any atom is 0.262 e. The van der Waals surface area contributed by atoms with Crippen molar-refractivity contribution in [3.05, 3.63) is 64.3 Å². The molecule has 0 saturated heterocycles. The Balaban J connectivity index is 1.52. The number of anilines is 3. The minimum Gasteiger partial charge on any atom is -0.482 e. The highest BCUT2D eigenvalue weighted by molar-refractivity contribution is 6.35. The van der Waals surface area contributed by atoms with Gasteiger partial charge in [-0.25, -0.2) is 0 Å². The summed E-state index contributed by atoms with van der Waals surface area (Å²) in [6.07, 6.45) is 0. The van der Waals surface area contributed by atoms with Crippen molar-refractivity contribution in [1.82, 2.24) is 5.16 Å². The zero-order chi connectivity index (χ0) is 18.5. The monoisotopic (exact) mass is 391 g/mol. The minimum absolute atomic E-state index is 0.167. The fourth-order valence-electron chi connectivity index (χ4n) is 2.14. The Bertz CT molecular complexity index is 910. The molecule has 0 aliphatic rings. The molecule has 0 unspecified atom stereocenters. The molecule has 1 amide bonds. The largest absolute Gasteiger partial charge is 0.482 e. The van der Waals surface area contributed by atoms with E-state index in [1.54, 1.807) is 36.4 Å². The average molecular weight is 392 g/mol. The normalized spacial score (nSPS) is 10.4. The lowest BCUT2D eigenvalue weighted by Gasteiger charge is -2.09. The average Bonchev–Trinajstić information content (AvgIpc) is 3.01. The highest BCUT2D eigenvalue weighted by Crippen LogP contribution is 2.27. The Morgan fingerprint density at radius 1 is 1.12 bits per heavy atom. The second-order valence-electron chi connectivity index (χ2n) is 5.44. The van der Waals surface area contributed by atoms with E-state index < -0.39 is 0 Å². The van der Waals surface area contributed by atoms with Crippen LogP contribution < -0.4 is 15.4 Å². The quantitative estimate of drug-likeness (QED) is 0.614. The van der Waals surface area contributed by atoms with Crippen LogP contribution in [0.3, 0.4) is 0 Å². The summed E-state index contributed by atoms with van der Waals surface area (Å²) >= 11 is 11.8. The van der Waals surface area contributed by atoms with Gasteiger partial charge in [0, 0.05) is 22.5 Å². The Labute approximate surface area is 160 Å². The summed E-state index contributed by atoms with van der Waals surface area (Å²) < 4.78 is 10.4. The van der Waals surface area contributed by atoms with Crippen molar-refractivity contribution in [2.24, 2.45) is 0 Å². The molecule has 6 nitrogen and oxygen atoms in total. The first-order chi connectivity index (χ1) is 12.5. The number of rotatable bonds is 6. The van der Waals surface area contributed by atoms with E-state index in [4.69, 9.17) is 32.5 Å². The van der Waals surface area contributed by atoms with Crippen LogP contribution in [0.4, 0.5) is 17.2 Å². The number of nitrogens with one attached hydrogen (secondary N) is 2. The molecule has 0 spiro atoms. The highest BCUT2D eigenvalue weighted by atomic mass is 35.5. The first kappa shape index (κ1) is 18.1. The maximum atomic E-state index is 12.0. The Morgan fingerprint density at radius 2 is 1.85 bits per heavy atom. The molecule has 0 saturated carbocycles. The maximum absolute atomic E-state index is 12.0. The predicted molar refractivity (Wildman–Crippen MR) is 102 cm³/mol. The number of amides is 1. The fourth-order valence-corrected chi connectivity index (χ4v) is 2.61. The van der Waals surface area contributed by atoms with E-state index >= 15 is 0 Å². The summed E-state index contributed by atoms with van der Waals surface area (Å²) in [6, 6.07) is 13.8. The van der Waals surface area contributed by atoms with E-state index in [0.717, 1.165) is 11.4 Å². The van der Waals surface area contributed by atoms with Crippen LogP contribution in [-0.2, 0) is 4.79 Å². The molecule has 0 aliphatic carbocycles. The van der Waals surface area contributed by atoms with Crippen LogP contribution in [-0.4, -0.2) is 17.7 Å². The molecule has 0 fully saturated rings. The van der Waals surface area contributed by atoms with Gasteiger partial charge in [-0.3, -0.25) is 4.79 Å². The van der Waals surface area contributed by atoms with Crippen molar-refractivity contribution in [2.45, 2.75) is 6.92 Å². The van der Waals surface area contributed by atoms with Crippen LogP contribution in [0.5, 0.6) is 5.75 Å². The van der Waals surface area contributed by atoms with Crippen LogP contribution in [0.15, 0.2) is 53.1 Å². The Morgan fingerprint density at radius 3 is 2.50 bits per heavy atom. The number of carbonyl (C=O) groups excluding carboxylic acids is 1. The summed E-state index contributed by atoms with van der Waals surface area (Å²) in [5, 5.41) is 10.5. The van der Waals surface area contributed by atoms with Gasteiger partial charge in [0.1, 0.15) is 11.5 Å². The van der Waals surface area contributed by atoms with Gasteiger partial charge in [-0.15, -0.1) is 0 Å². The van der Waals surface area contributed by atoms with Crippen LogP contribution in [0.1, 0.15) is 5.76 Å². The molecule has 3 rings (SSSR count). The standard InChI is InChI=1S/C18H15Cl2N3O3/c1-11-8-17(23-26-11)21-13-3-5-14(6-4-13)22-18(24)10-25-16-7-2-12(19)9-15(16)20/h2-9H,10H2,1H3,(H,21,23)(H,22,24). The molecule has 1 heterocycles. The van der Waals surface area contributed by atoms with Gasteiger partial charge < -0.3 is 19.9 Å². The molecule has 1 aromatic heterocycles. The van der Waals surface area contributed by atoms with E-state index in [2.05, 4.69) is 15.8 Å². The number of carbonyl (C=O) groups is 1. The SMILES string of the molecule is Cc1cc(Nc2ccc(NC(=O)COc3ccc(Cl)cc3Cl)cc2)no1. The van der Waals surface area contributed by atoms with E-state index in [1.807, 2.05) is 19.1 Å². The summed E-state index contributed by atoms with van der Waals surface area (Å²) in [4.78, 5) is 12.0. The van der Waals surface area contributed by atoms with Gasteiger partial charge in [0.15, 0.2) is 12.4 Å². The lowest BCUT2D eigenvalue weighted by Crippen LogP contribution is -2.20. The van der Waals surface area contributed by atoms with Gasteiger partial charge in [0.05, 0.1) is 5.02 Å². The Kier molecular flexibility index (Phi) is 5.65. The summed E-state index contributed by atoms with van der Waals surface area (Å²) in [5.74, 6) is 1.43. The minimum atomic E-state index is -0.302. The number of aryl methyl sites for hydroxylation is 1. The van der Waals surface area contributed by atoms with Gasteiger partial charge >= 0.3 is 0 Å². The highest BCUT2D eigenvalue weighted by Gasteiger charge is 2.07. The smallest absolute Gasteiger partial charge is 0.262 e. The number of benzene rings is 2. The van der Waals surface area contributed by atoms with Gasteiger partial charge in [-0.1, -0.05) is 28.4 Å². The molecule has 26 heavy (non-hydrogen) atoms. The summed E-state index contributed by atoms with van der Waals surface area (Å²) in [6.45, 7) is 1.65. The van der Waals surface area contributed by atoms with Crippen molar-refractivity contribution in [1.29, 1.82) is 0 Å². The molecule has 2 aromatic carbocycles. The van der Waals surface area contributed by atoms with Gasteiger partial charge in [-0.05, 0) is 49.4 Å². The van der Waals surface area contributed by atoms with Crippen molar-refractivity contribution < 1.29 is 14.1 Å². The number of nitrogens with zero attached hydrogens (tertiary/aromatic N) is 1. The zero-order valence-corrected chi connectivity index (χ0v) is 15.3. The van der Waals surface area contributed by atoms with Crippen molar-refractivity contribution in [2.75, 3.05) is 17.2 Å². The lowest BCUT2D eigenvalue weighted by atomic mass is 10.2. The molecule has 2 N–H and O–H groups in total. The van der Waals surface area contributed by atoms with Crippen LogP contribution in [0.2, 0.25) is 10.0 Å². The van der Waals surface area contributed by atoms with Crippen molar-refractivity contribution >= 4 is 46.3 Å². The van der Waals surface area contributed by atoms with E-state index in [1.165, 1.54) is 0 Å². The lowest BCUT2D eigenvalue weighted by molar-refractivity contribution is -0.118. The molecule has 8 heteroatoms. The first-order valence-electron chi connectivity index (χ1n) is 7.68. The van der Waals surface area contributed by atoms with Crippen molar-refractivity contribution in [3.8, 4) is 5.75 Å². The van der Waals surface area contributed by atoms with E-state index in [-0.39, 0.29) is 12.5 Å². The third-order valence-corrected chi connectivity index (χ3v) is 3.85. The third kappa shape index (κ3) is 4.91. The van der Waals surface area contributed by atoms with Crippen LogP contribution >= 0.6 is 23.2 Å². The molecule has 0 atom stereocenters.